The minimum Gasteiger partial charge on any atom is -0.347 e. The van der Waals surface area contributed by atoms with Gasteiger partial charge in [-0.25, -0.2) is 0 Å². The van der Waals surface area contributed by atoms with Crippen molar-refractivity contribution in [1.29, 1.82) is 0 Å². The lowest BCUT2D eigenvalue weighted by molar-refractivity contribution is -0.132. The number of hydrogen-bond donors (Lipinski definition) is 2. The molecule has 0 saturated carbocycles. The second-order valence-electron chi connectivity index (χ2n) is 4.55. The van der Waals surface area contributed by atoms with Crippen LogP contribution in [-0.2, 0) is 9.59 Å². The van der Waals surface area contributed by atoms with Crippen LogP contribution in [0.25, 0.3) is 0 Å². The molecule has 1 unspecified atom stereocenters. The average Bonchev–Trinajstić information content (AvgIpc) is 2.34. The molecule has 2 amide bonds. The van der Waals surface area contributed by atoms with E-state index < -0.39 is 0 Å². The van der Waals surface area contributed by atoms with E-state index in [0.29, 0.717) is 12.5 Å². The highest BCUT2D eigenvalue weighted by Crippen LogP contribution is 2.11. The summed E-state index contributed by atoms with van der Waals surface area (Å²) in [4.78, 5) is 24.4. The molecule has 5 heteroatoms. The van der Waals surface area contributed by atoms with Gasteiger partial charge in [-0.05, 0) is 38.8 Å². The maximum absolute atomic E-state index is 11.8. The Kier molecular flexibility index (Phi) is 5.97. The van der Waals surface area contributed by atoms with Crippen LogP contribution in [-0.4, -0.2) is 49.4 Å². The van der Waals surface area contributed by atoms with Gasteiger partial charge in [0.25, 0.3) is 0 Å². The normalized spacial score (nSPS) is 19.8. The van der Waals surface area contributed by atoms with Crippen LogP contribution >= 0.6 is 0 Å². The summed E-state index contributed by atoms with van der Waals surface area (Å²) in [6, 6.07) is 0. The van der Waals surface area contributed by atoms with Crippen molar-refractivity contribution < 1.29 is 9.59 Å². The van der Waals surface area contributed by atoms with Gasteiger partial charge >= 0.3 is 0 Å². The van der Waals surface area contributed by atoms with Crippen molar-refractivity contribution in [3.63, 3.8) is 0 Å². The zero-order valence-corrected chi connectivity index (χ0v) is 10.8. The molecule has 98 valence electrons. The van der Waals surface area contributed by atoms with Crippen LogP contribution in [0.2, 0.25) is 0 Å². The number of likely N-dealkylation sites (N-methyl/N-ethyl adjacent to an activating group) is 1. The molecule has 0 spiro atoms. The Hall–Kier alpha value is -1.10. The molecule has 0 aromatic rings. The molecule has 1 rings (SSSR count). The Morgan fingerprint density at radius 2 is 2.24 bits per heavy atom. The fourth-order valence-electron chi connectivity index (χ4n) is 2.11. The molecule has 17 heavy (non-hydrogen) atoms. The molecule has 1 aliphatic heterocycles. The summed E-state index contributed by atoms with van der Waals surface area (Å²) in [7, 11) is 0. The third-order valence-corrected chi connectivity index (χ3v) is 3.10. The summed E-state index contributed by atoms with van der Waals surface area (Å²) in [5.41, 5.74) is 0. The molecular formula is C12H23N3O2. The minimum absolute atomic E-state index is 0.00766. The number of nitrogens with zero attached hydrogens (tertiary/aromatic N) is 1. The molecule has 0 aromatic carbocycles. The number of rotatable bonds is 5. The second-order valence-corrected chi connectivity index (χ2v) is 4.55. The maximum Gasteiger partial charge on any atom is 0.241 e. The predicted octanol–water partition coefficient (Wildman–Crippen LogP) is -0.0294. The van der Waals surface area contributed by atoms with Gasteiger partial charge in [-0.2, -0.15) is 0 Å². The zero-order valence-electron chi connectivity index (χ0n) is 10.8. The molecule has 1 heterocycles. The number of amides is 2. The molecule has 0 bridgehead atoms. The summed E-state index contributed by atoms with van der Waals surface area (Å²) in [5, 5.41) is 5.90. The first-order valence-electron chi connectivity index (χ1n) is 6.36. The van der Waals surface area contributed by atoms with Crippen LogP contribution in [0.1, 0.15) is 26.7 Å². The van der Waals surface area contributed by atoms with Crippen LogP contribution in [0.4, 0.5) is 0 Å². The molecule has 1 aliphatic rings. The molecule has 0 radical (unpaired) electrons. The number of piperidine rings is 1. The highest BCUT2D eigenvalue weighted by atomic mass is 16.2. The quantitative estimate of drug-likeness (QED) is 0.710. The van der Waals surface area contributed by atoms with Gasteiger partial charge in [0.1, 0.15) is 0 Å². The summed E-state index contributed by atoms with van der Waals surface area (Å²) in [6.07, 6.45) is 2.36. The monoisotopic (exact) mass is 241 g/mol. The van der Waals surface area contributed by atoms with E-state index in [1.165, 1.54) is 19.8 Å². The van der Waals surface area contributed by atoms with E-state index in [2.05, 4.69) is 10.6 Å². The Labute approximate surface area is 103 Å². The van der Waals surface area contributed by atoms with Crippen LogP contribution in [0, 0.1) is 5.92 Å². The van der Waals surface area contributed by atoms with Crippen molar-refractivity contribution in [2.45, 2.75) is 26.7 Å². The van der Waals surface area contributed by atoms with E-state index in [9.17, 15) is 9.59 Å². The molecule has 0 aromatic heterocycles. The number of hydrogen-bond acceptors (Lipinski definition) is 3. The maximum atomic E-state index is 11.8. The van der Waals surface area contributed by atoms with Crippen LogP contribution in [0.5, 0.6) is 0 Å². The summed E-state index contributed by atoms with van der Waals surface area (Å²) in [5.74, 6) is 0.395. The first-order chi connectivity index (χ1) is 8.13. The number of carbonyl (C=O) groups excluding carboxylic acids is 2. The molecule has 1 fully saturated rings. The van der Waals surface area contributed by atoms with Crippen LogP contribution in [0.3, 0.4) is 0 Å². The largest absolute Gasteiger partial charge is 0.347 e. The smallest absolute Gasteiger partial charge is 0.241 e. The highest BCUT2D eigenvalue weighted by Gasteiger charge is 2.19. The molecule has 1 atom stereocenters. The van der Waals surface area contributed by atoms with Crippen LogP contribution < -0.4 is 10.6 Å². The fraction of sp³-hybridized carbons (Fsp3) is 0.833. The standard InChI is InChI=1S/C12H23N3O2/c1-3-15(12(17)8-14-10(2)16)9-11-5-4-6-13-7-11/h11,13H,3-9H2,1-2H3,(H,14,16). The SMILES string of the molecule is CCN(CC1CCCNC1)C(=O)CNC(C)=O. The van der Waals surface area contributed by atoms with Crippen molar-refractivity contribution in [1.82, 2.24) is 15.5 Å². The zero-order chi connectivity index (χ0) is 12.7. The Balaban J connectivity index is 2.35. The number of carbonyl (C=O) groups is 2. The average molecular weight is 241 g/mol. The van der Waals surface area contributed by atoms with Crippen molar-refractivity contribution >= 4 is 11.8 Å². The Bertz CT molecular complexity index is 262. The second kappa shape index (κ2) is 7.27. The van der Waals surface area contributed by atoms with Gasteiger partial charge in [0.15, 0.2) is 0 Å². The van der Waals surface area contributed by atoms with E-state index in [1.54, 1.807) is 0 Å². The van der Waals surface area contributed by atoms with Crippen molar-refractivity contribution in [2.24, 2.45) is 5.92 Å². The molecule has 5 nitrogen and oxygen atoms in total. The van der Waals surface area contributed by atoms with Crippen molar-refractivity contribution in [2.75, 3.05) is 32.7 Å². The topological polar surface area (TPSA) is 61.4 Å². The van der Waals surface area contributed by atoms with Gasteiger partial charge in [-0.1, -0.05) is 0 Å². The minimum atomic E-state index is -0.159. The van der Waals surface area contributed by atoms with E-state index in [-0.39, 0.29) is 18.4 Å². The molecule has 0 aliphatic carbocycles. The lowest BCUT2D eigenvalue weighted by atomic mass is 9.99. The Morgan fingerprint density at radius 1 is 1.47 bits per heavy atom. The predicted molar refractivity (Wildman–Crippen MR) is 66.5 cm³/mol. The van der Waals surface area contributed by atoms with Gasteiger partial charge in [0.05, 0.1) is 6.54 Å². The van der Waals surface area contributed by atoms with Gasteiger partial charge in [0.2, 0.25) is 11.8 Å². The van der Waals surface area contributed by atoms with Gasteiger partial charge in [-0.15, -0.1) is 0 Å². The molecule has 1 saturated heterocycles. The molecule has 2 N–H and O–H groups in total. The first kappa shape index (κ1) is 14.0. The van der Waals surface area contributed by atoms with E-state index >= 15 is 0 Å². The summed E-state index contributed by atoms with van der Waals surface area (Å²) >= 11 is 0. The third-order valence-electron chi connectivity index (χ3n) is 3.10. The highest BCUT2D eigenvalue weighted by molar-refractivity contribution is 5.83. The summed E-state index contributed by atoms with van der Waals surface area (Å²) in [6.45, 7) is 7.09. The molecular weight excluding hydrogens is 218 g/mol. The van der Waals surface area contributed by atoms with E-state index in [1.807, 2.05) is 11.8 Å². The summed E-state index contributed by atoms with van der Waals surface area (Å²) < 4.78 is 0. The van der Waals surface area contributed by atoms with Gasteiger partial charge < -0.3 is 15.5 Å². The Morgan fingerprint density at radius 3 is 2.76 bits per heavy atom. The first-order valence-corrected chi connectivity index (χ1v) is 6.36. The van der Waals surface area contributed by atoms with E-state index in [0.717, 1.165) is 19.6 Å². The van der Waals surface area contributed by atoms with Crippen LogP contribution in [0.15, 0.2) is 0 Å². The lowest BCUT2D eigenvalue weighted by Gasteiger charge is -2.29. The van der Waals surface area contributed by atoms with Gasteiger partial charge in [-0.3, -0.25) is 9.59 Å². The fourth-order valence-corrected chi connectivity index (χ4v) is 2.11. The van der Waals surface area contributed by atoms with Gasteiger partial charge in [0, 0.05) is 20.0 Å². The van der Waals surface area contributed by atoms with Crippen molar-refractivity contribution in [3.8, 4) is 0 Å². The van der Waals surface area contributed by atoms with E-state index in [4.69, 9.17) is 0 Å². The lowest BCUT2D eigenvalue weighted by Crippen LogP contribution is -2.44. The number of nitrogens with one attached hydrogen (secondary N) is 2. The third kappa shape index (κ3) is 5.17. The van der Waals surface area contributed by atoms with Crippen molar-refractivity contribution in [3.05, 3.63) is 0 Å².